The summed E-state index contributed by atoms with van der Waals surface area (Å²) in [4.78, 5) is 35.9. The first-order valence-corrected chi connectivity index (χ1v) is 9.23. The molecule has 0 aliphatic carbocycles. The van der Waals surface area contributed by atoms with Crippen molar-refractivity contribution in [3.8, 4) is 0 Å². The van der Waals surface area contributed by atoms with Gasteiger partial charge in [0.1, 0.15) is 6.34 Å². The van der Waals surface area contributed by atoms with Crippen LogP contribution in [0.3, 0.4) is 0 Å². The fourth-order valence-corrected chi connectivity index (χ4v) is 3.37. The summed E-state index contributed by atoms with van der Waals surface area (Å²) >= 11 is 1.40. The van der Waals surface area contributed by atoms with E-state index in [9.17, 15) is 14.4 Å². The number of benzene rings is 1. The number of aryl methyl sites for hydroxylation is 1. The van der Waals surface area contributed by atoms with E-state index in [1.807, 2.05) is 6.92 Å². The monoisotopic (exact) mass is 403 g/mol. The highest BCUT2D eigenvalue weighted by Crippen LogP contribution is 2.27. The second-order valence-corrected chi connectivity index (χ2v) is 6.79. The Hall–Kier alpha value is -3.40. The van der Waals surface area contributed by atoms with E-state index in [-0.39, 0.29) is 18.9 Å². The molecular weight excluding hydrogens is 382 g/mol. The smallest absolute Gasteiger partial charge is 0.303 e. The number of nitrogens with two attached hydrogens (primary N) is 1. The summed E-state index contributed by atoms with van der Waals surface area (Å²) in [7, 11) is 0. The Balaban J connectivity index is 1.89. The number of nitrogens with zero attached hydrogens (tertiary/aromatic N) is 1. The van der Waals surface area contributed by atoms with Gasteiger partial charge in [-0.05, 0) is 37.1 Å². The number of nitrogens with one attached hydrogen (secondary N) is 3. The van der Waals surface area contributed by atoms with Crippen LogP contribution < -0.4 is 21.8 Å². The molecule has 28 heavy (non-hydrogen) atoms. The first-order valence-electron chi connectivity index (χ1n) is 8.36. The Labute approximate surface area is 165 Å². The number of hydrogen-bond acceptors (Lipinski definition) is 6. The van der Waals surface area contributed by atoms with Crippen LogP contribution in [-0.4, -0.2) is 35.8 Å². The van der Waals surface area contributed by atoms with Crippen LogP contribution in [0.2, 0.25) is 0 Å². The minimum atomic E-state index is -0.865. The third kappa shape index (κ3) is 6.09. The lowest BCUT2D eigenvalue weighted by Crippen LogP contribution is -2.32. The first-order chi connectivity index (χ1) is 13.4. The van der Waals surface area contributed by atoms with Gasteiger partial charge in [0.2, 0.25) is 5.91 Å². The van der Waals surface area contributed by atoms with Crippen LogP contribution in [0.1, 0.15) is 27.2 Å². The maximum absolute atomic E-state index is 12.2. The van der Waals surface area contributed by atoms with Crippen molar-refractivity contribution in [3.05, 3.63) is 45.6 Å². The number of carboxylic acid groups (broad SMARTS) is 1. The number of anilines is 2. The maximum atomic E-state index is 12.2. The Kier molecular flexibility index (Phi) is 7.52. The van der Waals surface area contributed by atoms with Gasteiger partial charge in [-0.3, -0.25) is 14.4 Å². The molecule has 1 aromatic heterocycles. The summed E-state index contributed by atoms with van der Waals surface area (Å²) in [5.74, 6) is 3.39. The number of amides is 2. The third-order valence-corrected chi connectivity index (χ3v) is 4.97. The van der Waals surface area contributed by atoms with Crippen LogP contribution in [0, 0.1) is 6.92 Å². The Morgan fingerprint density at radius 1 is 1.32 bits per heavy atom. The zero-order valence-corrected chi connectivity index (χ0v) is 16.0. The van der Waals surface area contributed by atoms with Gasteiger partial charge in [-0.2, -0.15) is 5.10 Å². The highest BCUT2D eigenvalue weighted by atomic mass is 32.1. The van der Waals surface area contributed by atoms with Crippen molar-refractivity contribution in [2.24, 2.45) is 10.9 Å². The van der Waals surface area contributed by atoms with E-state index in [4.69, 9.17) is 10.9 Å². The van der Waals surface area contributed by atoms with E-state index in [1.165, 1.54) is 17.7 Å². The van der Waals surface area contributed by atoms with Crippen LogP contribution in [-0.2, 0) is 16.0 Å². The van der Waals surface area contributed by atoms with E-state index < -0.39 is 11.9 Å². The molecule has 9 nitrogen and oxygen atoms in total. The summed E-state index contributed by atoms with van der Waals surface area (Å²) in [5.41, 5.74) is 2.48. The van der Waals surface area contributed by atoms with E-state index >= 15 is 0 Å². The predicted octanol–water partition coefficient (Wildman–Crippen LogP) is 1.76. The van der Waals surface area contributed by atoms with Gasteiger partial charge < -0.3 is 26.9 Å². The molecule has 0 aliphatic rings. The summed E-state index contributed by atoms with van der Waals surface area (Å²) in [5, 5.41) is 21.9. The Bertz CT molecular complexity index is 894. The van der Waals surface area contributed by atoms with Crippen LogP contribution in [0.25, 0.3) is 0 Å². The van der Waals surface area contributed by atoms with Gasteiger partial charge in [0.25, 0.3) is 5.91 Å². The summed E-state index contributed by atoms with van der Waals surface area (Å²) < 4.78 is 0. The fraction of sp³-hybridized carbons (Fsp3) is 0.222. The highest BCUT2D eigenvalue weighted by Gasteiger charge is 2.13. The lowest BCUT2D eigenvalue weighted by molar-refractivity contribution is -0.137. The minimum Gasteiger partial charge on any atom is -0.481 e. The molecule has 2 amide bonds. The van der Waals surface area contributed by atoms with Gasteiger partial charge in [0, 0.05) is 21.5 Å². The minimum absolute atomic E-state index is 0.0376. The lowest BCUT2D eigenvalue weighted by atomic mass is 10.2. The number of thiophene rings is 1. The topological polar surface area (TPSA) is 146 Å². The van der Waals surface area contributed by atoms with Gasteiger partial charge >= 0.3 is 5.97 Å². The molecule has 0 saturated heterocycles. The number of carbonyl (C=O) groups is 3. The van der Waals surface area contributed by atoms with Crippen LogP contribution >= 0.6 is 11.3 Å². The zero-order chi connectivity index (χ0) is 20.5. The number of hydrazone groups is 1. The second-order valence-electron chi connectivity index (χ2n) is 5.83. The Morgan fingerprint density at radius 3 is 2.82 bits per heavy atom. The van der Waals surface area contributed by atoms with Crippen molar-refractivity contribution in [2.45, 2.75) is 19.8 Å². The normalized spacial score (nSPS) is 10.6. The molecule has 0 saturated carbocycles. The lowest BCUT2D eigenvalue weighted by Gasteiger charge is -2.08. The van der Waals surface area contributed by atoms with Gasteiger partial charge in [0.05, 0.1) is 18.7 Å². The molecule has 0 bridgehead atoms. The standard InChI is InChI=1S/C18H21N5O4S/c1-11-14(9-28-15(11)5-6-17(25)26)23-16(24)8-20-18(27)12-3-2-4-13(7-12)21-10-22-19/h2-4,7,9-10H,5-6,8,19H2,1H3,(H,20,27)(H,21,22)(H,23,24)(H,25,26). The molecule has 6 N–H and O–H groups in total. The quantitative estimate of drug-likeness (QED) is 0.187. The van der Waals surface area contributed by atoms with Crippen molar-refractivity contribution in [2.75, 3.05) is 17.2 Å². The molecular formula is C18H21N5O4S. The molecule has 0 atom stereocenters. The molecule has 1 aromatic carbocycles. The highest BCUT2D eigenvalue weighted by molar-refractivity contribution is 7.10. The third-order valence-electron chi connectivity index (χ3n) is 3.82. The van der Waals surface area contributed by atoms with Crippen molar-refractivity contribution >= 4 is 46.8 Å². The largest absolute Gasteiger partial charge is 0.481 e. The summed E-state index contributed by atoms with van der Waals surface area (Å²) in [6.07, 6.45) is 1.74. The molecule has 0 radical (unpaired) electrons. The molecule has 2 aromatic rings. The molecule has 0 unspecified atom stereocenters. The van der Waals surface area contributed by atoms with Crippen molar-refractivity contribution in [1.29, 1.82) is 0 Å². The van der Waals surface area contributed by atoms with Gasteiger partial charge in [0.15, 0.2) is 0 Å². The van der Waals surface area contributed by atoms with Gasteiger partial charge in [-0.15, -0.1) is 11.3 Å². The van der Waals surface area contributed by atoms with E-state index in [0.717, 1.165) is 10.4 Å². The SMILES string of the molecule is Cc1c(NC(=O)CNC(=O)c2cccc(NC=NN)c2)csc1CCC(=O)O. The molecule has 0 fully saturated rings. The predicted molar refractivity (Wildman–Crippen MR) is 109 cm³/mol. The number of rotatable bonds is 9. The van der Waals surface area contributed by atoms with Crippen molar-refractivity contribution in [3.63, 3.8) is 0 Å². The van der Waals surface area contributed by atoms with Crippen molar-refractivity contribution in [1.82, 2.24) is 5.32 Å². The maximum Gasteiger partial charge on any atom is 0.303 e. The van der Waals surface area contributed by atoms with Crippen LogP contribution in [0.5, 0.6) is 0 Å². The molecule has 0 aliphatic heterocycles. The fourth-order valence-electron chi connectivity index (χ4n) is 2.37. The molecule has 148 valence electrons. The second kappa shape index (κ2) is 10.1. The number of carbonyl (C=O) groups excluding carboxylic acids is 2. The molecule has 0 spiro atoms. The van der Waals surface area contributed by atoms with Gasteiger partial charge in [-0.25, -0.2) is 0 Å². The van der Waals surface area contributed by atoms with Crippen LogP contribution in [0.15, 0.2) is 34.7 Å². The number of hydrogen-bond donors (Lipinski definition) is 5. The summed E-state index contributed by atoms with van der Waals surface area (Å²) in [6.45, 7) is 1.63. The summed E-state index contributed by atoms with van der Waals surface area (Å²) in [6, 6.07) is 6.66. The molecule has 2 rings (SSSR count). The average molecular weight is 403 g/mol. The van der Waals surface area contributed by atoms with E-state index in [0.29, 0.717) is 23.4 Å². The van der Waals surface area contributed by atoms with Gasteiger partial charge in [-0.1, -0.05) is 6.07 Å². The Morgan fingerprint density at radius 2 is 2.11 bits per heavy atom. The number of carboxylic acids is 1. The first kappa shape index (κ1) is 20.9. The zero-order valence-electron chi connectivity index (χ0n) is 15.2. The van der Waals surface area contributed by atoms with E-state index in [1.54, 1.807) is 29.6 Å². The van der Waals surface area contributed by atoms with Crippen LogP contribution in [0.4, 0.5) is 11.4 Å². The number of aliphatic carboxylic acids is 1. The van der Waals surface area contributed by atoms with Crippen molar-refractivity contribution < 1.29 is 19.5 Å². The average Bonchev–Trinajstić information content (AvgIpc) is 3.02. The molecule has 1 heterocycles. The van der Waals surface area contributed by atoms with E-state index in [2.05, 4.69) is 21.1 Å². The molecule has 10 heteroatoms.